The summed E-state index contributed by atoms with van der Waals surface area (Å²) in [5.74, 6) is 1.16. The van der Waals surface area contributed by atoms with Gasteiger partial charge in [0.2, 0.25) is 11.9 Å². The van der Waals surface area contributed by atoms with Gasteiger partial charge in [0.15, 0.2) is 0 Å². The zero-order valence-electron chi connectivity index (χ0n) is 10.1. The number of aromatic amines is 1. The number of rotatable bonds is 2. The molecule has 2 aliphatic heterocycles. The lowest BCUT2D eigenvalue weighted by molar-refractivity contribution is 0.207. The molecule has 1 aromatic rings. The van der Waals surface area contributed by atoms with Gasteiger partial charge in [0.1, 0.15) is 0 Å². The number of hydrogen-bond acceptors (Lipinski definition) is 5. The van der Waals surface area contributed by atoms with Crippen LogP contribution in [0.4, 0.5) is 11.9 Å². The molecular weight excluding hydrogens is 216 g/mol. The second-order valence-electron chi connectivity index (χ2n) is 4.98. The number of H-pyrrole nitrogens is 1. The van der Waals surface area contributed by atoms with Crippen LogP contribution in [-0.2, 0) is 0 Å². The molecule has 0 aliphatic carbocycles. The first-order valence-corrected chi connectivity index (χ1v) is 6.50. The molecule has 3 heterocycles. The number of hydrogen-bond donors (Lipinski definition) is 2. The van der Waals surface area contributed by atoms with E-state index >= 15 is 0 Å². The van der Waals surface area contributed by atoms with Gasteiger partial charge in [0.25, 0.3) is 0 Å². The Kier molecular flexibility index (Phi) is 2.88. The summed E-state index contributed by atoms with van der Waals surface area (Å²) >= 11 is 0. The maximum absolute atomic E-state index is 5.55. The van der Waals surface area contributed by atoms with Gasteiger partial charge >= 0.3 is 0 Å². The van der Waals surface area contributed by atoms with Crippen LogP contribution in [0.5, 0.6) is 0 Å². The van der Waals surface area contributed by atoms with Crippen molar-refractivity contribution in [3.63, 3.8) is 0 Å². The molecule has 2 aliphatic rings. The van der Waals surface area contributed by atoms with Crippen molar-refractivity contribution in [1.29, 1.82) is 0 Å². The summed E-state index contributed by atoms with van der Waals surface area (Å²) in [4.78, 5) is 9.04. The number of nitrogens with one attached hydrogen (secondary N) is 1. The monoisotopic (exact) mass is 236 g/mol. The van der Waals surface area contributed by atoms with Gasteiger partial charge < -0.3 is 15.5 Å². The first kappa shape index (κ1) is 10.8. The molecule has 3 rings (SSSR count). The van der Waals surface area contributed by atoms with Gasteiger partial charge in [0.05, 0.1) is 0 Å². The molecule has 3 N–H and O–H groups in total. The zero-order valence-corrected chi connectivity index (χ0v) is 10.1. The highest BCUT2D eigenvalue weighted by atomic mass is 15.4. The molecule has 0 bridgehead atoms. The van der Waals surface area contributed by atoms with Gasteiger partial charge in [-0.05, 0) is 38.8 Å². The molecule has 2 fully saturated rings. The molecule has 2 saturated heterocycles. The molecule has 6 nitrogen and oxygen atoms in total. The first-order chi connectivity index (χ1) is 8.33. The molecule has 0 atom stereocenters. The van der Waals surface area contributed by atoms with E-state index in [-0.39, 0.29) is 0 Å². The summed E-state index contributed by atoms with van der Waals surface area (Å²) in [6.45, 7) is 4.66. The predicted molar refractivity (Wildman–Crippen MR) is 66.8 cm³/mol. The summed E-state index contributed by atoms with van der Waals surface area (Å²) in [6, 6.07) is 0.769. The highest BCUT2D eigenvalue weighted by Crippen LogP contribution is 2.23. The van der Waals surface area contributed by atoms with E-state index in [1.54, 1.807) is 0 Å². The number of nitrogen functional groups attached to an aromatic ring is 1. The van der Waals surface area contributed by atoms with Crippen LogP contribution in [0.1, 0.15) is 25.7 Å². The van der Waals surface area contributed by atoms with Crippen molar-refractivity contribution in [1.82, 2.24) is 20.1 Å². The second-order valence-corrected chi connectivity index (χ2v) is 4.98. The molecular formula is C11H20N6. The third kappa shape index (κ3) is 2.22. The standard InChI is InChI=1S/C11H20N6/c12-10-13-11(15-14-10)17-7-3-9(4-8-17)16-5-1-2-6-16/h9H,1-8H2,(H3,12,13,14,15). The minimum absolute atomic E-state index is 0.404. The van der Waals surface area contributed by atoms with Crippen LogP contribution in [0.25, 0.3) is 0 Å². The second kappa shape index (κ2) is 4.52. The molecule has 6 heteroatoms. The smallest absolute Gasteiger partial charge is 0.246 e. The van der Waals surface area contributed by atoms with E-state index in [0.717, 1.165) is 25.1 Å². The third-order valence-corrected chi connectivity index (χ3v) is 3.90. The van der Waals surface area contributed by atoms with E-state index in [2.05, 4.69) is 25.0 Å². The number of nitrogens with zero attached hydrogens (tertiary/aromatic N) is 4. The van der Waals surface area contributed by atoms with Crippen molar-refractivity contribution >= 4 is 11.9 Å². The topological polar surface area (TPSA) is 74.1 Å². The Hall–Kier alpha value is -1.30. The van der Waals surface area contributed by atoms with Crippen molar-refractivity contribution in [2.75, 3.05) is 36.8 Å². The third-order valence-electron chi connectivity index (χ3n) is 3.90. The van der Waals surface area contributed by atoms with E-state index in [9.17, 15) is 0 Å². The predicted octanol–water partition coefficient (Wildman–Crippen LogP) is 0.451. The fourth-order valence-electron chi connectivity index (χ4n) is 2.94. The van der Waals surface area contributed by atoms with Crippen LogP contribution in [0.3, 0.4) is 0 Å². The van der Waals surface area contributed by atoms with E-state index in [1.165, 1.54) is 38.8 Å². The van der Waals surface area contributed by atoms with Crippen LogP contribution in [0.2, 0.25) is 0 Å². The summed E-state index contributed by atoms with van der Waals surface area (Å²) in [7, 11) is 0. The lowest BCUT2D eigenvalue weighted by Crippen LogP contribution is -2.44. The molecule has 0 saturated carbocycles. The zero-order chi connectivity index (χ0) is 11.7. The SMILES string of the molecule is Nc1nc(N2CCC(N3CCCC3)CC2)n[nH]1. The summed E-state index contributed by atoms with van der Waals surface area (Å²) in [6.07, 6.45) is 5.18. The Bertz CT molecular complexity index is 362. The fraction of sp³-hybridized carbons (Fsp3) is 0.818. The highest BCUT2D eigenvalue weighted by molar-refractivity contribution is 5.34. The summed E-state index contributed by atoms with van der Waals surface area (Å²) < 4.78 is 0. The molecule has 0 amide bonds. The molecule has 0 unspecified atom stereocenters. The molecule has 0 aromatic carbocycles. The van der Waals surface area contributed by atoms with Crippen molar-refractivity contribution in [2.45, 2.75) is 31.7 Å². The molecule has 0 radical (unpaired) electrons. The Morgan fingerprint density at radius 3 is 2.41 bits per heavy atom. The lowest BCUT2D eigenvalue weighted by atomic mass is 10.0. The van der Waals surface area contributed by atoms with Crippen LogP contribution >= 0.6 is 0 Å². The first-order valence-electron chi connectivity index (χ1n) is 6.50. The van der Waals surface area contributed by atoms with E-state index in [4.69, 9.17) is 5.73 Å². The Morgan fingerprint density at radius 2 is 1.82 bits per heavy atom. The molecule has 17 heavy (non-hydrogen) atoms. The minimum Gasteiger partial charge on any atom is -0.368 e. The van der Waals surface area contributed by atoms with Crippen molar-refractivity contribution in [3.05, 3.63) is 0 Å². The van der Waals surface area contributed by atoms with Gasteiger partial charge in [-0.1, -0.05) is 0 Å². The molecule has 94 valence electrons. The van der Waals surface area contributed by atoms with Crippen molar-refractivity contribution in [3.8, 4) is 0 Å². The number of anilines is 2. The van der Waals surface area contributed by atoms with Crippen molar-refractivity contribution < 1.29 is 0 Å². The van der Waals surface area contributed by atoms with Gasteiger partial charge in [-0.2, -0.15) is 4.98 Å². The highest BCUT2D eigenvalue weighted by Gasteiger charge is 2.27. The van der Waals surface area contributed by atoms with Gasteiger partial charge in [0, 0.05) is 19.1 Å². The van der Waals surface area contributed by atoms with E-state index in [1.807, 2.05) is 0 Å². The summed E-state index contributed by atoms with van der Waals surface area (Å²) in [5.41, 5.74) is 5.55. The average Bonchev–Trinajstić information content (AvgIpc) is 3.00. The Balaban J connectivity index is 1.56. The fourth-order valence-corrected chi connectivity index (χ4v) is 2.94. The Morgan fingerprint density at radius 1 is 1.12 bits per heavy atom. The van der Waals surface area contributed by atoms with Crippen molar-refractivity contribution in [2.24, 2.45) is 0 Å². The Labute approximate surface area is 101 Å². The van der Waals surface area contributed by atoms with E-state index in [0.29, 0.717) is 5.95 Å². The lowest BCUT2D eigenvalue weighted by Gasteiger charge is -2.36. The molecule has 1 aromatic heterocycles. The van der Waals surface area contributed by atoms with Crippen LogP contribution in [0, 0.1) is 0 Å². The van der Waals surface area contributed by atoms with Gasteiger partial charge in [-0.25, -0.2) is 5.10 Å². The quantitative estimate of drug-likeness (QED) is 0.780. The van der Waals surface area contributed by atoms with Gasteiger partial charge in [-0.15, -0.1) is 5.10 Å². The van der Waals surface area contributed by atoms with Gasteiger partial charge in [-0.3, -0.25) is 0 Å². The number of aromatic nitrogens is 3. The van der Waals surface area contributed by atoms with Crippen LogP contribution in [-0.4, -0.2) is 52.3 Å². The maximum Gasteiger partial charge on any atom is 0.246 e. The summed E-state index contributed by atoms with van der Waals surface area (Å²) in [5, 5.41) is 6.81. The minimum atomic E-state index is 0.404. The largest absolute Gasteiger partial charge is 0.368 e. The number of piperidine rings is 1. The normalized spacial score (nSPS) is 23.4. The van der Waals surface area contributed by atoms with E-state index < -0.39 is 0 Å². The number of likely N-dealkylation sites (tertiary alicyclic amines) is 1. The van der Waals surface area contributed by atoms with Crippen LogP contribution in [0.15, 0.2) is 0 Å². The molecule has 0 spiro atoms. The maximum atomic E-state index is 5.55. The number of nitrogens with two attached hydrogens (primary N) is 1. The average molecular weight is 236 g/mol. The van der Waals surface area contributed by atoms with Crippen LogP contribution < -0.4 is 10.6 Å².